The first kappa shape index (κ1) is 17.6. The van der Waals surface area contributed by atoms with E-state index in [1.165, 1.54) is 0 Å². The van der Waals surface area contributed by atoms with Gasteiger partial charge in [0.2, 0.25) is 5.95 Å². The van der Waals surface area contributed by atoms with Gasteiger partial charge in [-0.3, -0.25) is 9.78 Å². The van der Waals surface area contributed by atoms with Gasteiger partial charge >= 0.3 is 0 Å². The lowest BCUT2D eigenvalue weighted by molar-refractivity contribution is 0.322. The summed E-state index contributed by atoms with van der Waals surface area (Å²) in [5, 5.41) is 0. The van der Waals surface area contributed by atoms with Crippen LogP contribution in [0, 0.1) is 0 Å². The molecular weight excluding hydrogens is 368 g/mol. The van der Waals surface area contributed by atoms with E-state index in [1.54, 1.807) is 18.5 Å². The lowest BCUT2D eigenvalue weighted by Gasteiger charge is -2.40. The largest absolute Gasteiger partial charge is 0.383 e. The minimum Gasteiger partial charge on any atom is -0.383 e. The van der Waals surface area contributed by atoms with Crippen LogP contribution in [0.1, 0.15) is 30.5 Å². The molecule has 2 aliphatic rings. The number of fused-ring (bicyclic) bond motifs is 2. The summed E-state index contributed by atoms with van der Waals surface area (Å²) in [4.78, 5) is 35.1. The molecule has 0 bridgehead atoms. The van der Waals surface area contributed by atoms with Crippen molar-refractivity contribution in [3.8, 4) is 11.4 Å². The molecule has 148 valence electrons. The van der Waals surface area contributed by atoms with Crippen molar-refractivity contribution < 1.29 is 0 Å². The number of aromatic nitrogens is 5. The molecule has 1 aliphatic carbocycles. The van der Waals surface area contributed by atoms with E-state index in [0.717, 1.165) is 61.4 Å². The second kappa shape index (κ2) is 6.54. The first-order valence-electron chi connectivity index (χ1n) is 9.73. The van der Waals surface area contributed by atoms with Crippen LogP contribution in [0.4, 0.5) is 17.6 Å². The number of nitrogen functional groups attached to an aromatic ring is 2. The molecule has 0 radical (unpaired) electrons. The Labute approximate surface area is 167 Å². The molecule has 5 N–H and O–H groups in total. The molecule has 1 fully saturated rings. The molecule has 1 aliphatic heterocycles. The SMILES string of the molecule is Nc1cc(N2CCC3(CCc4c3nc(-c3cccnc3)[nH]c4=O)CC2)nc(N)n1. The molecule has 0 amide bonds. The summed E-state index contributed by atoms with van der Waals surface area (Å²) in [5.41, 5.74) is 14.0. The zero-order valence-corrected chi connectivity index (χ0v) is 15.9. The van der Waals surface area contributed by atoms with E-state index < -0.39 is 0 Å². The van der Waals surface area contributed by atoms with E-state index in [1.807, 2.05) is 12.1 Å². The molecular formula is C20H22N8O. The third-order valence-electron chi connectivity index (χ3n) is 6.10. The molecule has 1 saturated heterocycles. The maximum Gasteiger partial charge on any atom is 0.254 e. The van der Waals surface area contributed by atoms with Crippen LogP contribution in [0.15, 0.2) is 35.4 Å². The van der Waals surface area contributed by atoms with Crippen LogP contribution in [-0.4, -0.2) is 38.0 Å². The lowest BCUT2D eigenvalue weighted by Crippen LogP contribution is -2.42. The number of aromatic amines is 1. The second-order valence-electron chi connectivity index (χ2n) is 7.76. The Balaban J connectivity index is 1.46. The van der Waals surface area contributed by atoms with Crippen LogP contribution in [0.5, 0.6) is 0 Å². The zero-order valence-electron chi connectivity index (χ0n) is 15.9. The maximum absolute atomic E-state index is 12.7. The average molecular weight is 390 g/mol. The van der Waals surface area contributed by atoms with Crippen LogP contribution in [0.2, 0.25) is 0 Å². The predicted octanol–water partition coefficient (Wildman–Crippen LogP) is 1.27. The summed E-state index contributed by atoms with van der Waals surface area (Å²) in [6.45, 7) is 1.60. The van der Waals surface area contributed by atoms with Crippen LogP contribution in [0.25, 0.3) is 11.4 Å². The molecule has 0 saturated carbocycles. The van der Waals surface area contributed by atoms with E-state index in [-0.39, 0.29) is 16.9 Å². The quantitative estimate of drug-likeness (QED) is 0.594. The van der Waals surface area contributed by atoms with Gasteiger partial charge in [0.1, 0.15) is 17.5 Å². The van der Waals surface area contributed by atoms with Gasteiger partial charge in [-0.1, -0.05) is 0 Å². The lowest BCUT2D eigenvalue weighted by atomic mass is 9.76. The fraction of sp³-hybridized carbons (Fsp3) is 0.350. The van der Waals surface area contributed by atoms with Crippen molar-refractivity contribution in [2.45, 2.75) is 31.1 Å². The van der Waals surface area contributed by atoms with Gasteiger partial charge in [0.05, 0.1) is 5.69 Å². The highest BCUT2D eigenvalue weighted by Gasteiger charge is 2.44. The van der Waals surface area contributed by atoms with Crippen molar-refractivity contribution in [1.29, 1.82) is 0 Å². The summed E-state index contributed by atoms with van der Waals surface area (Å²) in [7, 11) is 0. The number of hydrogen-bond acceptors (Lipinski definition) is 8. The third kappa shape index (κ3) is 2.98. The Morgan fingerprint density at radius 2 is 1.93 bits per heavy atom. The summed E-state index contributed by atoms with van der Waals surface area (Å²) in [5.74, 6) is 1.88. The monoisotopic (exact) mass is 390 g/mol. The minimum atomic E-state index is -0.0822. The van der Waals surface area contributed by atoms with Gasteiger partial charge in [-0.15, -0.1) is 0 Å². The average Bonchev–Trinajstić information content (AvgIpc) is 3.07. The third-order valence-corrected chi connectivity index (χ3v) is 6.10. The Morgan fingerprint density at radius 1 is 1.10 bits per heavy atom. The van der Waals surface area contributed by atoms with Gasteiger partial charge in [0, 0.05) is 48.1 Å². The topological polar surface area (TPSA) is 140 Å². The standard InChI is InChI=1S/C20H22N8O/c21-14-10-15(25-19(22)24-14)28-8-5-20(6-9-28)4-3-13-16(20)26-17(27-18(13)29)12-2-1-7-23-11-12/h1-2,7,10-11H,3-6,8-9H2,(H,26,27,29)(H4,21,22,24,25). The van der Waals surface area contributed by atoms with Gasteiger partial charge in [-0.25, -0.2) is 4.98 Å². The van der Waals surface area contributed by atoms with Gasteiger partial charge in [0.15, 0.2) is 0 Å². The summed E-state index contributed by atoms with van der Waals surface area (Å²) >= 11 is 0. The normalized spacial score (nSPS) is 17.4. The molecule has 0 atom stereocenters. The molecule has 29 heavy (non-hydrogen) atoms. The number of nitrogens with one attached hydrogen (secondary N) is 1. The molecule has 5 rings (SSSR count). The van der Waals surface area contributed by atoms with E-state index in [4.69, 9.17) is 16.5 Å². The molecule has 0 aromatic carbocycles. The molecule has 3 aromatic heterocycles. The predicted molar refractivity (Wildman–Crippen MR) is 110 cm³/mol. The van der Waals surface area contributed by atoms with Crippen LogP contribution in [-0.2, 0) is 11.8 Å². The van der Waals surface area contributed by atoms with E-state index in [9.17, 15) is 4.79 Å². The van der Waals surface area contributed by atoms with Crippen molar-refractivity contribution in [1.82, 2.24) is 24.9 Å². The van der Waals surface area contributed by atoms with Crippen LogP contribution < -0.4 is 21.9 Å². The molecule has 9 nitrogen and oxygen atoms in total. The Morgan fingerprint density at radius 3 is 2.66 bits per heavy atom. The number of H-pyrrole nitrogens is 1. The highest BCUT2D eigenvalue weighted by Crippen LogP contribution is 2.45. The number of piperidine rings is 1. The number of nitrogens with zero attached hydrogens (tertiary/aromatic N) is 5. The zero-order chi connectivity index (χ0) is 20.0. The number of anilines is 3. The van der Waals surface area contributed by atoms with Crippen molar-refractivity contribution >= 4 is 17.6 Å². The number of hydrogen-bond donors (Lipinski definition) is 3. The fourth-order valence-corrected chi connectivity index (χ4v) is 4.57. The molecule has 0 unspecified atom stereocenters. The summed E-state index contributed by atoms with van der Waals surface area (Å²) in [6, 6.07) is 5.50. The first-order valence-corrected chi connectivity index (χ1v) is 9.73. The van der Waals surface area contributed by atoms with E-state index >= 15 is 0 Å². The Kier molecular flexibility index (Phi) is 3.97. The molecule has 9 heteroatoms. The van der Waals surface area contributed by atoms with Crippen molar-refractivity contribution in [3.05, 3.63) is 52.2 Å². The Bertz CT molecular complexity index is 1100. The van der Waals surface area contributed by atoms with Gasteiger partial charge in [0.25, 0.3) is 5.56 Å². The van der Waals surface area contributed by atoms with Gasteiger partial charge in [-0.05, 0) is 37.8 Å². The second-order valence-corrected chi connectivity index (χ2v) is 7.76. The first-order chi connectivity index (χ1) is 14.0. The number of pyridine rings is 1. The number of nitrogens with two attached hydrogens (primary N) is 2. The highest BCUT2D eigenvalue weighted by atomic mass is 16.1. The van der Waals surface area contributed by atoms with Crippen molar-refractivity contribution in [2.75, 3.05) is 29.5 Å². The highest BCUT2D eigenvalue weighted by molar-refractivity contribution is 5.55. The van der Waals surface area contributed by atoms with E-state index in [0.29, 0.717) is 11.6 Å². The van der Waals surface area contributed by atoms with Crippen molar-refractivity contribution in [3.63, 3.8) is 0 Å². The maximum atomic E-state index is 12.7. The fourth-order valence-electron chi connectivity index (χ4n) is 4.57. The van der Waals surface area contributed by atoms with Crippen LogP contribution >= 0.6 is 0 Å². The van der Waals surface area contributed by atoms with Gasteiger partial charge in [-0.2, -0.15) is 9.97 Å². The van der Waals surface area contributed by atoms with E-state index in [2.05, 4.69) is 24.8 Å². The molecule has 4 heterocycles. The summed E-state index contributed by atoms with van der Waals surface area (Å²) < 4.78 is 0. The summed E-state index contributed by atoms with van der Waals surface area (Å²) in [6.07, 6.45) is 6.92. The molecule has 1 spiro atoms. The smallest absolute Gasteiger partial charge is 0.254 e. The molecule has 3 aromatic rings. The van der Waals surface area contributed by atoms with Gasteiger partial charge < -0.3 is 21.4 Å². The number of rotatable bonds is 2. The van der Waals surface area contributed by atoms with Crippen molar-refractivity contribution in [2.24, 2.45) is 0 Å². The Hall–Kier alpha value is -3.49. The van der Waals surface area contributed by atoms with Crippen LogP contribution in [0.3, 0.4) is 0 Å². The minimum absolute atomic E-state index is 0.0375.